The number of aromatic nitrogens is 3. The van der Waals surface area contributed by atoms with E-state index in [1.165, 1.54) is 6.07 Å². The van der Waals surface area contributed by atoms with Gasteiger partial charge in [0.2, 0.25) is 0 Å². The lowest BCUT2D eigenvalue weighted by atomic mass is 10.00. The van der Waals surface area contributed by atoms with Crippen LogP contribution >= 0.6 is 0 Å². The number of fused-ring (bicyclic) bond motifs is 1. The van der Waals surface area contributed by atoms with Gasteiger partial charge < -0.3 is 5.11 Å². The highest BCUT2D eigenvalue weighted by Crippen LogP contribution is 2.28. The Balaban J connectivity index is 2.07. The third kappa shape index (κ3) is 1.99. The molecule has 19 heavy (non-hydrogen) atoms. The minimum Gasteiger partial charge on any atom is -0.481 e. The molecule has 2 heterocycles. The number of carbonyl (C=O) groups is 1. The first-order valence-electron chi connectivity index (χ1n) is 6.09. The summed E-state index contributed by atoms with van der Waals surface area (Å²) >= 11 is 0. The quantitative estimate of drug-likeness (QED) is 0.898. The highest BCUT2D eigenvalue weighted by atomic mass is 19.1. The largest absolute Gasteiger partial charge is 0.481 e. The number of aliphatic carboxylic acids is 1. The molecule has 0 fully saturated rings. The molecule has 6 heteroatoms. The van der Waals surface area contributed by atoms with Crippen molar-refractivity contribution in [3.63, 3.8) is 0 Å². The minimum absolute atomic E-state index is 0.251. The normalized spacial score (nSPS) is 18.1. The van der Waals surface area contributed by atoms with Crippen molar-refractivity contribution in [2.75, 3.05) is 0 Å². The Morgan fingerprint density at radius 1 is 1.42 bits per heavy atom. The Hall–Kier alpha value is -2.24. The van der Waals surface area contributed by atoms with Crippen LogP contribution in [0.3, 0.4) is 0 Å². The lowest BCUT2D eigenvalue weighted by molar-refractivity contribution is -0.139. The van der Waals surface area contributed by atoms with E-state index in [1.54, 1.807) is 22.9 Å². The Labute approximate surface area is 108 Å². The Kier molecular flexibility index (Phi) is 2.77. The van der Waals surface area contributed by atoms with Crippen molar-refractivity contribution in [3.05, 3.63) is 35.9 Å². The van der Waals surface area contributed by atoms with Crippen LogP contribution in [0.1, 0.15) is 24.6 Å². The van der Waals surface area contributed by atoms with Crippen LogP contribution in [0.15, 0.2) is 24.3 Å². The molecule has 1 unspecified atom stereocenters. The van der Waals surface area contributed by atoms with Crippen LogP contribution in [0.25, 0.3) is 11.4 Å². The molecule has 98 valence electrons. The van der Waals surface area contributed by atoms with Crippen molar-refractivity contribution in [2.24, 2.45) is 0 Å². The van der Waals surface area contributed by atoms with E-state index < -0.39 is 17.7 Å². The molecule has 1 atom stereocenters. The molecule has 1 N–H and O–H groups in total. The first-order valence-corrected chi connectivity index (χ1v) is 6.09. The van der Waals surface area contributed by atoms with E-state index in [1.807, 2.05) is 0 Å². The summed E-state index contributed by atoms with van der Waals surface area (Å²) in [4.78, 5) is 15.4. The van der Waals surface area contributed by atoms with E-state index in [0.29, 0.717) is 24.4 Å². The number of rotatable bonds is 2. The molecule has 5 nitrogen and oxygen atoms in total. The number of nitrogens with zero attached hydrogens (tertiary/aromatic N) is 3. The molecule has 0 bridgehead atoms. The third-order valence-electron chi connectivity index (χ3n) is 3.29. The zero-order valence-electron chi connectivity index (χ0n) is 10.1. The third-order valence-corrected chi connectivity index (χ3v) is 3.29. The number of hydrogen-bond acceptors (Lipinski definition) is 3. The maximum atomic E-state index is 13.7. The van der Waals surface area contributed by atoms with Gasteiger partial charge in [0.05, 0.1) is 5.56 Å². The van der Waals surface area contributed by atoms with Crippen LogP contribution in [0.4, 0.5) is 4.39 Å². The predicted molar refractivity (Wildman–Crippen MR) is 65.0 cm³/mol. The summed E-state index contributed by atoms with van der Waals surface area (Å²) in [6.07, 6.45) is 1.29. The van der Waals surface area contributed by atoms with Gasteiger partial charge in [0.1, 0.15) is 17.6 Å². The molecule has 1 aliphatic rings. The van der Waals surface area contributed by atoms with Crippen LogP contribution < -0.4 is 0 Å². The summed E-state index contributed by atoms with van der Waals surface area (Å²) < 4.78 is 15.3. The fourth-order valence-electron chi connectivity index (χ4n) is 2.34. The average Bonchev–Trinajstić information content (AvgIpc) is 2.82. The zero-order chi connectivity index (χ0) is 13.4. The van der Waals surface area contributed by atoms with Gasteiger partial charge in [-0.1, -0.05) is 12.1 Å². The second kappa shape index (κ2) is 4.46. The summed E-state index contributed by atoms with van der Waals surface area (Å²) in [6, 6.07) is 6.22. The van der Waals surface area contributed by atoms with Crippen molar-refractivity contribution >= 4 is 5.97 Å². The molecular weight excluding hydrogens is 249 g/mol. The van der Waals surface area contributed by atoms with E-state index in [2.05, 4.69) is 10.1 Å². The van der Waals surface area contributed by atoms with Gasteiger partial charge in [-0.25, -0.2) is 14.1 Å². The fraction of sp³-hybridized carbons (Fsp3) is 0.308. The Morgan fingerprint density at radius 3 is 2.95 bits per heavy atom. The molecular formula is C13H12FN3O2. The minimum atomic E-state index is -0.909. The molecule has 0 spiro atoms. The SMILES string of the molecule is O=C(O)C1CCCn2nc(-c3ccccc3F)nc21. The maximum absolute atomic E-state index is 13.7. The number of hydrogen-bond donors (Lipinski definition) is 1. The van der Waals surface area contributed by atoms with Gasteiger partial charge in [-0.05, 0) is 25.0 Å². The molecule has 1 aromatic carbocycles. The Bertz CT molecular complexity index is 639. The van der Waals surface area contributed by atoms with Crippen LogP contribution in [0.5, 0.6) is 0 Å². The first-order chi connectivity index (χ1) is 9.16. The number of aryl methyl sites for hydroxylation is 1. The molecule has 3 rings (SSSR count). The van der Waals surface area contributed by atoms with Gasteiger partial charge in [-0.3, -0.25) is 4.79 Å². The second-order valence-electron chi connectivity index (χ2n) is 4.53. The lowest BCUT2D eigenvalue weighted by Crippen LogP contribution is -2.22. The first kappa shape index (κ1) is 11.8. The van der Waals surface area contributed by atoms with E-state index in [4.69, 9.17) is 5.11 Å². The monoisotopic (exact) mass is 261 g/mol. The van der Waals surface area contributed by atoms with Gasteiger partial charge in [-0.2, -0.15) is 5.10 Å². The average molecular weight is 261 g/mol. The zero-order valence-corrected chi connectivity index (χ0v) is 10.1. The topological polar surface area (TPSA) is 68.0 Å². The van der Waals surface area contributed by atoms with Gasteiger partial charge in [-0.15, -0.1) is 0 Å². The van der Waals surface area contributed by atoms with Crippen LogP contribution in [-0.2, 0) is 11.3 Å². The van der Waals surface area contributed by atoms with E-state index in [-0.39, 0.29) is 5.82 Å². The van der Waals surface area contributed by atoms with E-state index in [0.717, 1.165) is 6.42 Å². The Morgan fingerprint density at radius 2 is 2.21 bits per heavy atom. The van der Waals surface area contributed by atoms with E-state index in [9.17, 15) is 9.18 Å². The van der Waals surface area contributed by atoms with Crippen LogP contribution in [0, 0.1) is 5.82 Å². The predicted octanol–water partition coefficient (Wildman–Crippen LogP) is 2.05. The smallest absolute Gasteiger partial charge is 0.314 e. The van der Waals surface area contributed by atoms with E-state index >= 15 is 0 Å². The molecule has 0 saturated heterocycles. The molecule has 0 radical (unpaired) electrons. The maximum Gasteiger partial charge on any atom is 0.314 e. The second-order valence-corrected chi connectivity index (χ2v) is 4.53. The number of carboxylic acid groups (broad SMARTS) is 1. The number of carboxylic acids is 1. The molecule has 0 amide bonds. The molecule has 0 aliphatic carbocycles. The van der Waals surface area contributed by atoms with Gasteiger partial charge >= 0.3 is 5.97 Å². The van der Waals surface area contributed by atoms with Gasteiger partial charge in [0, 0.05) is 6.54 Å². The summed E-state index contributed by atoms with van der Waals surface area (Å²) in [5.74, 6) is -1.30. The summed E-state index contributed by atoms with van der Waals surface area (Å²) in [5, 5.41) is 13.4. The van der Waals surface area contributed by atoms with Crippen molar-refractivity contribution in [3.8, 4) is 11.4 Å². The number of halogens is 1. The summed E-state index contributed by atoms with van der Waals surface area (Å²) in [6.45, 7) is 0.626. The summed E-state index contributed by atoms with van der Waals surface area (Å²) in [5.41, 5.74) is 0.300. The van der Waals surface area contributed by atoms with Crippen LogP contribution in [-0.4, -0.2) is 25.8 Å². The summed E-state index contributed by atoms with van der Waals surface area (Å²) in [7, 11) is 0. The van der Waals surface area contributed by atoms with Crippen molar-refractivity contribution in [2.45, 2.75) is 25.3 Å². The van der Waals surface area contributed by atoms with Crippen molar-refractivity contribution in [1.29, 1.82) is 0 Å². The molecule has 2 aromatic rings. The van der Waals surface area contributed by atoms with Crippen LogP contribution in [0.2, 0.25) is 0 Å². The highest BCUT2D eigenvalue weighted by molar-refractivity contribution is 5.75. The van der Waals surface area contributed by atoms with Crippen molar-refractivity contribution < 1.29 is 14.3 Å². The standard InChI is InChI=1S/C13H12FN3O2/c14-10-6-2-1-4-8(10)11-15-12-9(13(18)19)5-3-7-17(12)16-11/h1-2,4,6,9H,3,5,7H2,(H,18,19). The molecule has 1 aliphatic heterocycles. The fourth-order valence-corrected chi connectivity index (χ4v) is 2.34. The molecule has 0 saturated carbocycles. The van der Waals surface area contributed by atoms with Gasteiger partial charge in [0.15, 0.2) is 5.82 Å². The molecule has 1 aromatic heterocycles. The van der Waals surface area contributed by atoms with Crippen molar-refractivity contribution in [1.82, 2.24) is 14.8 Å². The lowest BCUT2D eigenvalue weighted by Gasteiger charge is -2.17. The number of benzene rings is 1. The van der Waals surface area contributed by atoms with Gasteiger partial charge in [0.25, 0.3) is 0 Å². The highest BCUT2D eigenvalue weighted by Gasteiger charge is 2.30.